The molecule has 1 nitrogen and oxygen atoms in total. The fraction of sp³-hybridized carbons (Fsp3) is 0.625. The molecule has 1 N–H and O–H groups in total. The number of hydrogen-bond donors (Lipinski definition) is 1. The lowest BCUT2D eigenvalue weighted by molar-refractivity contribution is 0.152. The Hall–Kier alpha value is -0.520. The molecule has 52 valence electrons. The molecular formula is C8H14O. The molecule has 0 saturated heterocycles. The van der Waals surface area contributed by atoms with Crippen molar-refractivity contribution in [2.45, 2.75) is 26.9 Å². The third kappa shape index (κ3) is 2.50. The van der Waals surface area contributed by atoms with Crippen LogP contribution >= 0.6 is 0 Å². The quantitative estimate of drug-likeness (QED) is 0.559. The molecule has 0 aromatic heterocycles. The summed E-state index contributed by atoms with van der Waals surface area (Å²) in [6, 6.07) is 0. The summed E-state index contributed by atoms with van der Waals surface area (Å²) in [5.41, 5.74) is 3.77. The Morgan fingerprint density at radius 1 is 1.56 bits per heavy atom. The molecule has 0 unspecified atom stereocenters. The van der Waals surface area contributed by atoms with E-state index in [0.717, 1.165) is 5.57 Å². The maximum absolute atomic E-state index is 9.03. The van der Waals surface area contributed by atoms with Gasteiger partial charge in [0.2, 0.25) is 0 Å². The minimum Gasteiger partial charge on any atom is -0.393 e. The van der Waals surface area contributed by atoms with Crippen molar-refractivity contribution in [1.82, 2.24) is 0 Å². The van der Waals surface area contributed by atoms with Gasteiger partial charge in [0, 0.05) is 5.92 Å². The molecule has 0 amide bonds. The first-order valence-corrected chi connectivity index (χ1v) is 3.14. The van der Waals surface area contributed by atoms with E-state index in [0.29, 0.717) is 0 Å². The van der Waals surface area contributed by atoms with Gasteiger partial charge in [-0.25, -0.2) is 0 Å². The monoisotopic (exact) mass is 126 g/mol. The summed E-state index contributed by atoms with van der Waals surface area (Å²) in [6.07, 6.45) is -0.292. The van der Waals surface area contributed by atoms with Crippen molar-refractivity contribution in [2.24, 2.45) is 5.92 Å². The molecule has 0 fully saturated rings. The summed E-state index contributed by atoms with van der Waals surface area (Å²) in [7, 11) is 0. The van der Waals surface area contributed by atoms with Gasteiger partial charge < -0.3 is 5.11 Å². The van der Waals surface area contributed by atoms with Crippen molar-refractivity contribution >= 4 is 0 Å². The fourth-order valence-corrected chi connectivity index (χ4v) is 0.523. The molecule has 0 saturated carbocycles. The smallest absolute Gasteiger partial charge is 0.0580 e. The molecule has 1 heteroatoms. The fourth-order valence-electron chi connectivity index (χ4n) is 0.523. The molecule has 0 aromatic rings. The first-order chi connectivity index (χ1) is 4.09. The molecule has 9 heavy (non-hydrogen) atoms. The molecule has 0 spiro atoms. The number of aliphatic hydroxyl groups excluding tert-OH is 1. The Labute approximate surface area is 56.7 Å². The predicted octanol–water partition coefficient (Wildman–Crippen LogP) is 1.73. The van der Waals surface area contributed by atoms with Crippen LogP contribution in [0.3, 0.4) is 0 Å². The molecule has 2 atom stereocenters. The van der Waals surface area contributed by atoms with Gasteiger partial charge in [-0.1, -0.05) is 13.5 Å². The van der Waals surface area contributed by atoms with Crippen LogP contribution in [0, 0.1) is 5.92 Å². The molecule has 0 radical (unpaired) electrons. The Morgan fingerprint density at radius 3 is 2.11 bits per heavy atom. The molecule has 0 aliphatic rings. The number of hydrogen-bond acceptors (Lipinski definition) is 1. The minimum atomic E-state index is -0.292. The van der Waals surface area contributed by atoms with Crippen LogP contribution < -0.4 is 0 Å². The van der Waals surface area contributed by atoms with Crippen LogP contribution in [-0.4, -0.2) is 11.2 Å². The van der Waals surface area contributed by atoms with Crippen LogP contribution in [0.1, 0.15) is 20.8 Å². The van der Waals surface area contributed by atoms with Gasteiger partial charge in [-0.05, 0) is 19.4 Å². The highest BCUT2D eigenvalue weighted by molar-refractivity contribution is 5.00. The van der Waals surface area contributed by atoms with Gasteiger partial charge in [-0.3, -0.25) is 0 Å². The van der Waals surface area contributed by atoms with Gasteiger partial charge >= 0.3 is 0 Å². The van der Waals surface area contributed by atoms with E-state index in [1.807, 2.05) is 13.8 Å². The van der Waals surface area contributed by atoms with E-state index in [9.17, 15) is 0 Å². The van der Waals surface area contributed by atoms with Gasteiger partial charge in [0.15, 0.2) is 0 Å². The Morgan fingerprint density at radius 2 is 2.00 bits per heavy atom. The molecule has 0 rings (SSSR count). The molecule has 0 aromatic carbocycles. The van der Waals surface area contributed by atoms with Crippen molar-refractivity contribution in [3.63, 3.8) is 0 Å². The van der Waals surface area contributed by atoms with Crippen molar-refractivity contribution in [2.75, 3.05) is 0 Å². The standard InChI is InChI=1S/C8H14O/c1-5-6(2)7(3)8(4)9/h7-9H,1H2,2-4H3/t7-,8+/m0/s1. The zero-order chi connectivity index (χ0) is 7.44. The van der Waals surface area contributed by atoms with E-state index < -0.39 is 0 Å². The van der Waals surface area contributed by atoms with Crippen LogP contribution in [0.4, 0.5) is 0 Å². The van der Waals surface area contributed by atoms with Crippen molar-refractivity contribution in [3.8, 4) is 0 Å². The normalized spacial score (nSPS) is 16.0. The lowest BCUT2D eigenvalue weighted by Gasteiger charge is -2.12. The highest BCUT2D eigenvalue weighted by atomic mass is 16.3. The summed E-state index contributed by atoms with van der Waals surface area (Å²) in [6.45, 7) is 9.14. The molecular weight excluding hydrogens is 112 g/mol. The third-order valence-electron chi connectivity index (χ3n) is 1.69. The summed E-state index contributed by atoms with van der Waals surface area (Å²) >= 11 is 0. The summed E-state index contributed by atoms with van der Waals surface area (Å²) in [4.78, 5) is 0. The number of rotatable bonds is 2. The molecule has 0 aliphatic carbocycles. The van der Waals surface area contributed by atoms with E-state index in [4.69, 9.17) is 5.11 Å². The van der Waals surface area contributed by atoms with Gasteiger partial charge in [-0.2, -0.15) is 0 Å². The highest BCUT2D eigenvalue weighted by Crippen LogP contribution is 2.11. The minimum absolute atomic E-state index is 0.183. The summed E-state index contributed by atoms with van der Waals surface area (Å²) in [5.74, 6) is 0.183. The number of aliphatic hydroxyl groups is 1. The van der Waals surface area contributed by atoms with E-state index in [-0.39, 0.29) is 12.0 Å². The van der Waals surface area contributed by atoms with Crippen LogP contribution in [0.5, 0.6) is 0 Å². The lowest BCUT2D eigenvalue weighted by atomic mass is 9.99. The largest absolute Gasteiger partial charge is 0.393 e. The van der Waals surface area contributed by atoms with Crippen LogP contribution in [0.25, 0.3) is 0 Å². The average Bonchev–Trinajstić information content (AvgIpc) is 1.84. The van der Waals surface area contributed by atoms with Crippen LogP contribution in [-0.2, 0) is 0 Å². The molecule has 0 heterocycles. The third-order valence-corrected chi connectivity index (χ3v) is 1.69. The van der Waals surface area contributed by atoms with Gasteiger partial charge in [-0.15, -0.1) is 5.73 Å². The van der Waals surface area contributed by atoms with Crippen molar-refractivity contribution in [1.29, 1.82) is 0 Å². The topological polar surface area (TPSA) is 20.2 Å². The molecule has 0 bridgehead atoms. The second-order valence-corrected chi connectivity index (χ2v) is 2.39. The van der Waals surface area contributed by atoms with E-state index >= 15 is 0 Å². The van der Waals surface area contributed by atoms with Gasteiger partial charge in [0.1, 0.15) is 0 Å². The molecule has 0 aliphatic heterocycles. The summed E-state index contributed by atoms with van der Waals surface area (Å²) < 4.78 is 0. The second kappa shape index (κ2) is 3.49. The van der Waals surface area contributed by atoms with Crippen LogP contribution in [0.15, 0.2) is 17.9 Å². The average molecular weight is 126 g/mol. The zero-order valence-corrected chi connectivity index (χ0v) is 6.31. The van der Waals surface area contributed by atoms with Gasteiger partial charge in [0.25, 0.3) is 0 Å². The van der Waals surface area contributed by atoms with Crippen molar-refractivity contribution in [3.05, 3.63) is 17.9 Å². The predicted molar refractivity (Wildman–Crippen MR) is 39.2 cm³/mol. The van der Waals surface area contributed by atoms with E-state index in [1.54, 1.807) is 6.92 Å². The Kier molecular flexibility index (Phi) is 3.29. The second-order valence-electron chi connectivity index (χ2n) is 2.39. The van der Waals surface area contributed by atoms with Crippen molar-refractivity contribution < 1.29 is 5.11 Å². The Balaban J connectivity index is 4.04. The summed E-state index contributed by atoms with van der Waals surface area (Å²) in [5, 5.41) is 9.03. The first-order valence-electron chi connectivity index (χ1n) is 3.14. The van der Waals surface area contributed by atoms with Crippen LogP contribution in [0.2, 0.25) is 0 Å². The SMILES string of the molecule is C=C=C(C)[C@H](C)[C@@H](C)O. The van der Waals surface area contributed by atoms with Gasteiger partial charge in [0.05, 0.1) is 6.10 Å². The first kappa shape index (κ1) is 8.48. The maximum Gasteiger partial charge on any atom is 0.0580 e. The maximum atomic E-state index is 9.03. The van der Waals surface area contributed by atoms with E-state index in [1.165, 1.54) is 0 Å². The van der Waals surface area contributed by atoms with E-state index in [2.05, 4.69) is 12.3 Å². The zero-order valence-electron chi connectivity index (χ0n) is 6.31. The Bertz CT molecular complexity index is 130. The lowest BCUT2D eigenvalue weighted by Crippen LogP contribution is -2.13. The highest BCUT2D eigenvalue weighted by Gasteiger charge is 2.08.